The van der Waals surface area contributed by atoms with Crippen LogP contribution in [0.2, 0.25) is 0 Å². The van der Waals surface area contributed by atoms with Crippen LogP contribution in [0.15, 0.2) is 29.2 Å². The van der Waals surface area contributed by atoms with Gasteiger partial charge < -0.3 is 4.90 Å². The standard InChI is InChI=1S/C10H14FNO2S/c1-12(2)7-8-15(13,14)10-6-4-3-5-9(10)11/h3-6H,7-8H2,1-2H3. The molecule has 0 fully saturated rings. The van der Waals surface area contributed by atoms with Gasteiger partial charge in [-0.2, -0.15) is 0 Å². The summed E-state index contributed by atoms with van der Waals surface area (Å²) >= 11 is 0. The maximum atomic E-state index is 13.2. The summed E-state index contributed by atoms with van der Waals surface area (Å²) in [7, 11) is 0.0467. The second kappa shape index (κ2) is 4.72. The minimum absolute atomic E-state index is 0.0685. The molecule has 15 heavy (non-hydrogen) atoms. The predicted octanol–water partition coefficient (Wildman–Crippen LogP) is 1.16. The number of halogens is 1. The Morgan fingerprint density at radius 3 is 2.40 bits per heavy atom. The maximum absolute atomic E-state index is 13.2. The number of nitrogens with zero attached hydrogens (tertiary/aromatic N) is 1. The van der Waals surface area contributed by atoms with Gasteiger partial charge >= 0.3 is 0 Å². The number of benzene rings is 1. The Balaban J connectivity index is 2.92. The van der Waals surface area contributed by atoms with Crippen molar-refractivity contribution >= 4 is 9.84 Å². The summed E-state index contributed by atoms with van der Waals surface area (Å²) in [4.78, 5) is 1.53. The Kier molecular flexibility index (Phi) is 3.82. The first-order valence-electron chi connectivity index (χ1n) is 4.55. The van der Waals surface area contributed by atoms with Crippen molar-refractivity contribution in [2.75, 3.05) is 26.4 Å². The van der Waals surface area contributed by atoms with Crippen LogP contribution >= 0.6 is 0 Å². The lowest BCUT2D eigenvalue weighted by atomic mass is 10.3. The zero-order valence-electron chi connectivity index (χ0n) is 8.77. The molecule has 1 aromatic rings. The van der Waals surface area contributed by atoms with Gasteiger partial charge in [-0.3, -0.25) is 0 Å². The van der Waals surface area contributed by atoms with Crippen molar-refractivity contribution in [3.8, 4) is 0 Å². The smallest absolute Gasteiger partial charge is 0.182 e. The number of hydrogen-bond donors (Lipinski definition) is 0. The summed E-state index contributed by atoms with van der Waals surface area (Å²) in [6.07, 6.45) is 0. The molecule has 0 aromatic heterocycles. The van der Waals surface area contributed by atoms with Gasteiger partial charge in [-0.1, -0.05) is 12.1 Å². The Morgan fingerprint density at radius 1 is 1.27 bits per heavy atom. The molecule has 0 unspecified atom stereocenters. The molecular weight excluding hydrogens is 217 g/mol. The van der Waals surface area contributed by atoms with E-state index >= 15 is 0 Å². The summed E-state index contributed by atoms with van der Waals surface area (Å²) in [5.74, 6) is -0.753. The number of rotatable bonds is 4. The quantitative estimate of drug-likeness (QED) is 0.780. The molecule has 0 saturated carbocycles. The van der Waals surface area contributed by atoms with E-state index in [1.807, 2.05) is 0 Å². The third-order valence-corrected chi connectivity index (χ3v) is 3.70. The minimum Gasteiger partial charge on any atom is -0.308 e. The van der Waals surface area contributed by atoms with Crippen molar-refractivity contribution in [3.05, 3.63) is 30.1 Å². The third-order valence-electron chi connectivity index (χ3n) is 1.98. The lowest BCUT2D eigenvalue weighted by molar-refractivity contribution is 0.431. The predicted molar refractivity (Wildman–Crippen MR) is 57.0 cm³/mol. The van der Waals surface area contributed by atoms with E-state index in [4.69, 9.17) is 0 Å². The Labute approximate surface area is 89.4 Å². The van der Waals surface area contributed by atoms with E-state index in [-0.39, 0.29) is 10.6 Å². The fourth-order valence-corrected chi connectivity index (χ4v) is 2.59. The van der Waals surface area contributed by atoms with Crippen LogP contribution in [0.3, 0.4) is 0 Å². The summed E-state index contributed by atoms with van der Waals surface area (Å²) in [5.41, 5.74) is 0. The van der Waals surface area contributed by atoms with E-state index in [2.05, 4.69) is 0 Å². The normalized spacial score (nSPS) is 12.0. The van der Waals surface area contributed by atoms with Crippen molar-refractivity contribution in [2.45, 2.75) is 4.90 Å². The topological polar surface area (TPSA) is 37.4 Å². The van der Waals surface area contributed by atoms with Crippen molar-refractivity contribution in [1.29, 1.82) is 0 Å². The molecule has 0 bridgehead atoms. The third kappa shape index (κ3) is 3.28. The first-order chi connectivity index (χ1) is 6.93. The molecule has 1 rings (SSSR count). The molecule has 0 aliphatic rings. The second-order valence-electron chi connectivity index (χ2n) is 3.55. The SMILES string of the molecule is CN(C)CCS(=O)(=O)c1ccccc1F. The maximum Gasteiger partial charge on any atom is 0.182 e. The average Bonchev–Trinajstić information content (AvgIpc) is 2.15. The molecular formula is C10H14FNO2S. The number of sulfone groups is 1. The van der Waals surface area contributed by atoms with Crippen LogP contribution in [0.1, 0.15) is 0 Å². The number of hydrogen-bond acceptors (Lipinski definition) is 3. The molecule has 1 aromatic carbocycles. The Hall–Kier alpha value is -0.940. The molecule has 0 heterocycles. The van der Waals surface area contributed by atoms with E-state index in [1.54, 1.807) is 19.0 Å². The fourth-order valence-electron chi connectivity index (χ4n) is 1.11. The summed E-state index contributed by atoms with van der Waals surface area (Å²) in [6, 6.07) is 5.44. The molecule has 0 atom stereocenters. The monoisotopic (exact) mass is 231 g/mol. The molecule has 5 heteroatoms. The Morgan fingerprint density at radius 2 is 1.87 bits per heavy atom. The van der Waals surface area contributed by atoms with Gasteiger partial charge in [0.2, 0.25) is 0 Å². The molecule has 0 aliphatic heterocycles. The Bertz CT molecular complexity index is 429. The summed E-state index contributed by atoms with van der Waals surface area (Å²) in [5, 5.41) is 0. The molecule has 0 N–H and O–H groups in total. The molecule has 0 saturated heterocycles. The molecule has 0 spiro atoms. The highest BCUT2D eigenvalue weighted by Gasteiger charge is 2.18. The van der Waals surface area contributed by atoms with Crippen LogP contribution in [0.4, 0.5) is 4.39 Å². The highest BCUT2D eigenvalue weighted by molar-refractivity contribution is 7.91. The van der Waals surface area contributed by atoms with E-state index in [0.29, 0.717) is 6.54 Å². The molecule has 0 aliphatic carbocycles. The van der Waals surface area contributed by atoms with Crippen LogP contribution in [0.25, 0.3) is 0 Å². The fraction of sp³-hybridized carbons (Fsp3) is 0.400. The molecule has 84 valence electrons. The van der Waals surface area contributed by atoms with Gasteiger partial charge in [0.1, 0.15) is 10.7 Å². The summed E-state index contributed by atoms with van der Waals surface area (Å²) < 4.78 is 36.6. The van der Waals surface area contributed by atoms with Gasteiger partial charge in [0.25, 0.3) is 0 Å². The van der Waals surface area contributed by atoms with Crippen LogP contribution in [0.5, 0.6) is 0 Å². The first kappa shape index (κ1) is 12.1. The van der Waals surface area contributed by atoms with Crippen molar-refractivity contribution in [1.82, 2.24) is 4.90 Å². The van der Waals surface area contributed by atoms with E-state index in [9.17, 15) is 12.8 Å². The van der Waals surface area contributed by atoms with Gasteiger partial charge in [-0.15, -0.1) is 0 Å². The zero-order chi connectivity index (χ0) is 11.5. The van der Waals surface area contributed by atoms with Crippen molar-refractivity contribution < 1.29 is 12.8 Å². The van der Waals surface area contributed by atoms with Gasteiger partial charge in [-0.25, -0.2) is 12.8 Å². The summed E-state index contributed by atoms with van der Waals surface area (Å²) in [6.45, 7) is 0.386. The van der Waals surface area contributed by atoms with E-state index < -0.39 is 15.7 Å². The van der Waals surface area contributed by atoms with Crippen LogP contribution < -0.4 is 0 Å². The van der Waals surface area contributed by atoms with Gasteiger partial charge in [0.05, 0.1) is 5.75 Å². The van der Waals surface area contributed by atoms with Gasteiger partial charge in [-0.05, 0) is 26.2 Å². The largest absolute Gasteiger partial charge is 0.308 e. The minimum atomic E-state index is -3.50. The van der Waals surface area contributed by atoms with Crippen LogP contribution in [-0.2, 0) is 9.84 Å². The van der Waals surface area contributed by atoms with Crippen LogP contribution in [0, 0.1) is 5.82 Å². The lowest BCUT2D eigenvalue weighted by Gasteiger charge is -2.10. The van der Waals surface area contributed by atoms with Gasteiger partial charge in [0, 0.05) is 6.54 Å². The van der Waals surface area contributed by atoms with E-state index in [1.165, 1.54) is 18.2 Å². The van der Waals surface area contributed by atoms with Crippen LogP contribution in [-0.4, -0.2) is 39.7 Å². The van der Waals surface area contributed by atoms with Crippen molar-refractivity contribution in [2.24, 2.45) is 0 Å². The van der Waals surface area contributed by atoms with Crippen molar-refractivity contribution in [3.63, 3.8) is 0 Å². The highest BCUT2D eigenvalue weighted by atomic mass is 32.2. The lowest BCUT2D eigenvalue weighted by Crippen LogP contribution is -2.22. The average molecular weight is 231 g/mol. The second-order valence-corrected chi connectivity index (χ2v) is 5.63. The molecule has 0 radical (unpaired) electrons. The zero-order valence-corrected chi connectivity index (χ0v) is 9.59. The van der Waals surface area contributed by atoms with E-state index in [0.717, 1.165) is 6.07 Å². The molecule has 3 nitrogen and oxygen atoms in total. The van der Waals surface area contributed by atoms with Gasteiger partial charge in [0.15, 0.2) is 9.84 Å². The molecule has 0 amide bonds. The highest BCUT2D eigenvalue weighted by Crippen LogP contribution is 2.14. The first-order valence-corrected chi connectivity index (χ1v) is 6.21.